The van der Waals surface area contributed by atoms with Crippen LogP contribution in [0.1, 0.15) is 54.8 Å². The van der Waals surface area contributed by atoms with Gasteiger partial charge in [0, 0.05) is 31.1 Å². The highest BCUT2D eigenvalue weighted by Gasteiger charge is 2.36. The van der Waals surface area contributed by atoms with Crippen molar-refractivity contribution >= 4 is 27.5 Å². The normalized spacial score (nSPS) is 19.6. The van der Waals surface area contributed by atoms with Crippen LogP contribution in [0.15, 0.2) is 47.4 Å². The lowest BCUT2D eigenvalue weighted by Gasteiger charge is -2.26. The molecule has 174 valence electrons. The molecule has 5 rings (SSSR count). The Labute approximate surface area is 194 Å². The highest BCUT2D eigenvalue weighted by Crippen LogP contribution is 2.37. The molecule has 2 aromatic carbocycles. The number of carbonyl (C=O) groups excluding carboxylic acids is 2. The predicted molar refractivity (Wildman–Crippen MR) is 125 cm³/mol. The maximum atomic E-state index is 12.8. The van der Waals surface area contributed by atoms with Crippen LogP contribution in [-0.4, -0.2) is 33.3 Å². The molecule has 3 aliphatic rings. The minimum atomic E-state index is -3.73. The third kappa shape index (κ3) is 4.68. The van der Waals surface area contributed by atoms with E-state index >= 15 is 0 Å². The monoisotopic (exact) mass is 467 g/mol. The zero-order valence-corrected chi connectivity index (χ0v) is 19.4. The van der Waals surface area contributed by atoms with Crippen LogP contribution < -0.4 is 14.9 Å². The van der Waals surface area contributed by atoms with Gasteiger partial charge in [-0.15, -0.1) is 0 Å². The van der Waals surface area contributed by atoms with Crippen LogP contribution in [0.5, 0.6) is 0 Å². The van der Waals surface area contributed by atoms with Crippen LogP contribution in [0.2, 0.25) is 0 Å². The molecule has 2 amide bonds. The second-order valence-corrected chi connectivity index (χ2v) is 10.9. The SMILES string of the molecule is O=C(CCNS(=O)(=O)c1ccc2c(c1)CCN2C(=O)C1CC1)N[C@@H]1CCCc2ccccc21. The van der Waals surface area contributed by atoms with E-state index in [-0.39, 0.29) is 41.6 Å². The number of nitrogens with one attached hydrogen (secondary N) is 2. The molecule has 7 nitrogen and oxygen atoms in total. The molecule has 1 saturated carbocycles. The van der Waals surface area contributed by atoms with E-state index in [2.05, 4.69) is 22.2 Å². The van der Waals surface area contributed by atoms with E-state index in [0.717, 1.165) is 48.9 Å². The van der Waals surface area contributed by atoms with Gasteiger partial charge >= 0.3 is 0 Å². The van der Waals surface area contributed by atoms with Crippen molar-refractivity contribution in [1.82, 2.24) is 10.0 Å². The first-order valence-electron chi connectivity index (χ1n) is 11.7. The summed E-state index contributed by atoms with van der Waals surface area (Å²) in [6.07, 6.45) is 5.56. The van der Waals surface area contributed by atoms with E-state index in [4.69, 9.17) is 0 Å². The molecule has 2 aliphatic carbocycles. The Morgan fingerprint density at radius 2 is 1.82 bits per heavy atom. The van der Waals surface area contributed by atoms with Crippen LogP contribution in [0.25, 0.3) is 0 Å². The van der Waals surface area contributed by atoms with Gasteiger partial charge in [-0.05, 0) is 73.4 Å². The molecule has 2 aromatic rings. The zero-order chi connectivity index (χ0) is 23.0. The van der Waals surface area contributed by atoms with Gasteiger partial charge in [0.2, 0.25) is 21.8 Å². The summed E-state index contributed by atoms with van der Waals surface area (Å²) in [6.45, 7) is 0.637. The number of fused-ring (bicyclic) bond motifs is 2. The van der Waals surface area contributed by atoms with E-state index < -0.39 is 10.0 Å². The summed E-state index contributed by atoms with van der Waals surface area (Å²) < 4.78 is 28.1. The molecule has 0 aromatic heterocycles. The maximum absolute atomic E-state index is 12.8. The van der Waals surface area contributed by atoms with Crippen molar-refractivity contribution in [1.29, 1.82) is 0 Å². The third-order valence-electron chi connectivity index (χ3n) is 6.80. The van der Waals surface area contributed by atoms with Crippen molar-refractivity contribution in [3.05, 3.63) is 59.2 Å². The van der Waals surface area contributed by atoms with E-state index in [1.54, 1.807) is 23.1 Å². The predicted octanol–water partition coefficient (Wildman–Crippen LogP) is 2.85. The fraction of sp³-hybridized carbons (Fsp3) is 0.440. The average molecular weight is 468 g/mol. The number of carbonyl (C=O) groups is 2. The summed E-state index contributed by atoms with van der Waals surface area (Å²) in [5.41, 5.74) is 4.12. The van der Waals surface area contributed by atoms with Crippen molar-refractivity contribution in [3.63, 3.8) is 0 Å². The summed E-state index contributed by atoms with van der Waals surface area (Å²) in [7, 11) is -3.73. The van der Waals surface area contributed by atoms with Gasteiger partial charge in [-0.1, -0.05) is 24.3 Å². The van der Waals surface area contributed by atoms with Gasteiger partial charge in [0.25, 0.3) is 0 Å². The lowest BCUT2D eigenvalue weighted by Crippen LogP contribution is -2.34. The summed E-state index contributed by atoms with van der Waals surface area (Å²) in [4.78, 5) is 26.9. The number of hydrogen-bond donors (Lipinski definition) is 2. The largest absolute Gasteiger partial charge is 0.349 e. The van der Waals surface area contributed by atoms with Crippen molar-refractivity contribution in [2.24, 2.45) is 5.92 Å². The van der Waals surface area contributed by atoms with Gasteiger partial charge in [-0.2, -0.15) is 0 Å². The molecule has 0 unspecified atom stereocenters. The second kappa shape index (κ2) is 8.91. The number of nitrogens with zero attached hydrogens (tertiary/aromatic N) is 1. The average Bonchev–Trinajstić information content (AvgIpc) is 3.57. The fourth-order valence-corrected chi connectivity index (χ4v) is 5.96. The van der Waals surface area contributed by atoms with E-state index in [0.29, 0.717) is 13.0 Å². The molecule has 1 aliphatic heterocycles. The Kier molecular flexibility index (Phi) is 5.97. The summed E-state index contributed by atoms with van der Waals surface area (Å²) in [6, 6.07) is 13.0. The molecular weight excluding hydrogens is 438 g/mol. The van der Waals surface area contributed by atoms with Gasteiger partial charge in [0.1, 0.15) is 0 Å². The molecule has 8 heteroatoms. The first kappa shape index (κ1) is 22.1. The van der Waals surface area contributed by atoms with Gasteiger partial charge < -0.3 is 10.2 Å². The lowest BCUT2D eigenvalue weighted by atomic mass is 9.88. The van der Waals surface area contributed by atoms with Crippen molar-refractivity contribution in [2.45, 2.75) is 55.9 Å². The molecule has 0 spiro atoms. The molecule has 1 atom stereocenters. The molecule has 0 saturated heterocycles. The fourth-order valence-electron chi connectivity index (χ4n) is 4.88. The van der Waals surface area contributed by atoms with Gasteiger partial charge in [-0.3, -0.25) is 9.59 Å². The van der Waals surface area contributed by atoms with E-state index in [9.17, 15) is 18.0 Å². The summed E-state index contributed by atoms with van der Waals surface area (Å²) >= 11 is 0. The number of hydrogen-bond acceptors (Lipinski definition) is 4. The maximum Gasteiger partial charge on any atom is 0.240 e. The number of benzene rings is 2. The Bertz CT molecular complexity index is 1190. The number of rotatable bonds is 7. The minimum Gasteiger partial charge on any atom is -0.349 e. The van der Waals surface area contributed by atoms with Crippen LogP contribution in [0.3, 0.4) is 0 Å². The van der Waals surface area contributed by atoms with Crippen LogP contribution in [-0.2, 0) is 32.5 Å². The molecular formula is C25H29N3O4S. The van der Waals surface area contributed by atoms with E-state index in [1.165, 1.54) is 5.56 Å². The minimum absolute atomic E-state index is 0.0166. The quantitative estimate of drug-likeness (QED) is 0.655. The molecule has 1 fully saturated rings. The number of amides is 2. The van der Waals surface area contributed by atoms with Gasteiger partial charge in [0.05, 0.1) is 10.9 Å². The highest BCUT2D eigenvalue weighted by molar-refractivity contribution is 7.89. The van der Waals surface area contributed by atoms with Crippen molar-refractivity contribution in [3.8, 4) is 0 Å². The van der Waals surface area contributed by atoms with Crippen molar-refractivity contribution in [2.75, 3.05) is 18.0 Å². The number of anilines is 1. The van der Waals surface area contributed by atoms with Gasteiger partial charge in [0.15, 0.2) is 0 Å². The first-order valence-corrected chi connectivity index (χ1v) is 13.2. The molecule has 1 heterocycles. The molecule has 0 bridgehead atoms. The Morgan fingerprint density at radius 3 is 2.64 bits per heavy atom. The lowest BCUT2D eigenvalue weighted by molar-refractivity contribution is -0.122. The Morgan fingerprint density at radius 1 is 1.00 bits per heavy atom. The highest BCUT2D eigenvalue weighted by atomic mass is 32.2. The topological polar surface area (TPSA) is 95.6 Å². The smallest absolute Gasteiger partial charge is 0.240 e. The van der Waals surface area contributed by atoms with Crippen LogP contribution in [0.4, 0.5) is 5.69 Å². The van der Waals surface area contributed by atoms with Crippen LogP contribution >= 0.6 is 0 Å². The first-order chi connectivity index (χ1) is 15.9. The standard InChI is InChI=1S/C25H29N3O4S/c29-24(27-22-7-3-5-17-4-1-2-6-21(17)22)12-14-26-33(31,32)20-10-11-23-19(16-20)13-15-28(23)25(30)18-8-9-18/h1-2,4,6,10-11,16,18,22,26H,3,5,7-9,12-15H2,(H,27,29)/t22-/m1/s1. The number of aryl methyl sites for hydroxylation is 1. The van der Waals surface area contributed by atoms with Gasteiger partial charge in [-0.25, -0.2) is 13.1 Å². The van der Waals surface area contributed by atoms with E-state index in [1.807, 2.05) is 12.1 Å². The zero-order valence-electron chi connectivity index (χ0n) is 18.5. The molecule has 2 N–H and O–H groups in total. The molecule has 0 radical (unpaired) electrons. The Balaban J connectivity index is 1.17. The third-order valence-corrected chi connectivity index (χ3v) is 8.26. The Hall–Kier alpha value is -2.71. The summed E-state index contributed by atoms with van der Waals surface area (Å²) in [5.74, 6) is 0.117. The second-order valence-electron chi connectivity index (χ2n) is 9.16. The van der Waals surface area contributed by atoms with Crippen LogP contribution in [0, 0.1) is 5.92 Å². The molecule has 33 heavy (non-hydrogen) atoms. The van der Waals surface area contributed by atoms with Crippen molar-refractivity contribution < 1.29 is 18.0 Å². The summed E-state index contributed by atoms with van der Waals surface area (Å²) in [5, 5.41) is 3.05. The number of sulfonamides is 1.